The second-order valence-corrected chi connectivity index (χ2v) is 3.58. The number of aliphatic hydroxyl groups excluding tert-OH is 1. The van der Waals surface area contributed by atoms with Crippen molar-refractivity contribution < 1.29 is 5.11 Å². The van der Waals surface area contributed by atoms with Crippen molar-refractivity contribution in [2.24, 2.45) is 0 Å². The molecule has 0 amide bonds. The summed E-state index contributed by atoms with van der Waals surface area (Å²) in [6.07, 6.45) is 0.341. The Bertz CT molecular complexity index is 551. The van der Waals surface area contributed by atoms with Gasteiger partial charge in [-0.3, -0.25) is 4.79 Å². The first-order chi connectivity index (χ1) is 7.20. The van der Waals surface area contributed by atoms with Crippen molar-refractivity contribution in [2.75, 3.05) is 6.61 Å². The first-order valence-corrected chi connectivity index (χ1v) is 4.88. The standard InChI is InChI=1S/C10H9ClN2O2/c11-6-1-2-8-7(5-6)10(15)13-9(12-8)3-4-14/h1-2,5,14H,3-4H2,(H,12,13,15). The Morgan fingerprint density at radius 1 is 1.47 bits per heavy atom. The van der Waals surface area contributed by atoms with Gasteiger partial charge in [0, 0.05) is 11.4 Å². The lowest BCUT2D eigenvalue weighted by atomic mass is 10.2. The van der Waals surface area contributed by atoms with E-state index < -0.39 is 0 Å². The number of benzene rings is 1. The number of fused-ring (bicyclic) bond motifs is 1. The number of aromatic amines is 1. The SMILES string of the molecule is O=c1[nH]c(CCO)nc2ccc(Cl)cc12. The molecular formula is C10H9ClN2O2. The van der Waals surface area contributed by atoms with Crippen molar-refractivity contribution in [1.29, 1.82) is 0 Å². The van der Waals surface area contributed by atoms with Crippen molar-refractivity contribution in [2.45, 2.75) is 6.42 Å². The number of hydrogen-bond donors (Lipinski definition) is 2. The Labute approximate surface area is 90.5 Å². The zero-order valence-corrected chi connectivity index (χ0v) is 8.58. The average molecular weight is 225 g/mol. The van der Waals surface area contributed by atoms with Crippen LogP contribution in [-0.4, -0.2) is 21.7 Å². The quantitative estimate of drug-likeness (QED) is 0.803. The highest BCUT2D eigenvalue weighted by atomic mass is 35.5. The maximum absolute atomic E-state index is 11.6. The van der Waals surface area contributed by atoms with Crippen LogP contribution in [0.4, 0.5) is 0 Å². The number of aromatic nitrogens is 2. The van der Waals surface area contributed by atoms with Crippen LogP contribution in [0, 0.1) is 0 Å². The van der Waals surface area contributed by atoms with Crippen LogP contribution in [0.25, 0.3) is 10.9 Å². The average Bonchev–Trinajstić information content (AvgIpc) is 2.20. The molecular weight excluding hydrogens is 216 g/mol. The summed E-state index contributed by atoms with van der Waals surface area (Å²) in [7, 11) is 0. The molecule has 2 rings (SSSR count). The molecule has 0 radical (unpaired) electrons. The summed E-state index contributed by atoms with van der Waals surface area (Å²) in [6, 6.07) is 4.94. The fourth-order valence-corrected chi connectivity index (χ4v) is 1.56. The second-order valence-electron chi connectivity index (χ2n) is 3.15. The number of nitrogens with one attached hydrogen (secondary N) is 1. The van der Waals surface area contributed by atoms with Gasteiger partial charge in [0.25, 0.3) is 5.56 Å². The van der Waals surface area contributed by atoms with Gasteiger partial charge in [0.05, 0.1) is 17.5 Å². The highest BCUT2D eigenvalue weighted by Gasteiger charge is 2.03. The summed E-state index contributed by atoms with van der Waals surface area (Å²) in [6.45, 7) is -0.0396. The van der Waals surface area contributed by atoms with Crippen molar-refractivity contribution in [1.82, 2.24) is 9.97 Å². The van der Waals surface area contributed by atoms with Crippen LogP contribution >= 0.6 is 11.6 Å². The van der Waals surface area contributed by atoms with E-state index in [4.69, 9.17) is 16.7 Å². The number of nitrogens with zero attached hydrogens (tertiary/aromatic N) is 1. The molecule has 5 heteroatoms. The number of rotatable bonds is 2. The molecule has 0 saturated heterocycles. The van der Waals surface area contributed by atoms with E-state index in [2.05, 4.69) is 9.97 Å². The molecule has 1 aromatic heterocycles. The molecule has 2 aromatic rings. The largest absolute Gasteiger partial charge is 0.396 e. The third kappa shape index (κ3) is 2.00. The Hall–Kier alpha value is -1.39. The van der Waals surface area contributed by atoms with Gasteiger partial charge in [-0.15, -0.1) is 0 Å². The third-order valence-electron chi connectivity index (χ3n) is 2.07. The van der Waals surface area contributed by atoms with Gasteiger partial charge in [-0.05, 0) is 18.2 Å². The van der Waals surface area contributed by atoms with Gasteiger partial charge in [0.15, 0.2) is 0 Å². The van der Waals surface area contributed by atoms with Crippen LogP contribution in [0.15, 0.2) is 23.0 Å². The zero-order chi connectivity index (χ0) is 10.8. The summed E-state index contributed by atoms with van der Waals surface area (Å²) in [5.41, 5.74) is 0.359. The minimum atomic E-state index is -0.231. The number of H-pyrrole nitrogens is 1. The monoisotopic (exact) mass is 224 g/mol. The molecule has 15 heavy (non-hydrogen) atoms. The predicted molar refractivity (Wildman–Crippen MR) is 58.2 cm³/mol. The van der Waals surface area contributed by atoms with Crippen LogP contribution < -0.4 is 5.56 Å². The molecule has 0 saturated carbocycles. The van der Waals surface area contributed by atoms with Gasteiger partial charge >= 0.3 is 0 Å². The molecule has 0 bridgehead atoms. The molecule has 0 spiro atoms. The molecule has 0 atom stereocenters. The van der Waals surface area contributed by atoms with E-state index in [9.17, 15) is 4.79 Å². The van der Waals surface area contributed by atoms with Gasteiger partial charge in [-0.2, -0.15) is 0 Å². The summed E-state index contributed by atoms with van der Waals surface area (Å²) >= 11 is 5.77. The van der Waals surface area contributed by atoms with Crippen molar-refractivity contribution in [3.8, 4) is 0 Å². The van der Waals surface area contributed by atoms with Crippen LogP contribution in [0.5, 0.6) is 0 Å². The Morgan fingerprint density at radius 2 is 2.27 bits per heavy atom. The summed E-state index contributed by atoms with van der Waals surface area (Å²) in [5.74, 6) is 0.484. The van der Waals surface area contributed by atoms with E-state index in [1.807, 2.05) is 0 Å². The van der Waals surface area contributed by atoms with E-state index >= 15 is 0 Å². The smallest absolute Gasteiger partial charge is 0.258 e. The van der Waals surface area contributed by atoms with Crippen LogP contribution in [0.2, 0.25) is 5.02 Å². The van der Waals surface area contributed by atoms with Crippen molar-refractivity contribution in [3.05, 3.63) is 39.4 Å². The van der Waals surface area contributed by atoms with Crippen LogP contribution in [0.3, 0.4) is 0 Å². The number of hydrogen-bond acceptors (Lipinski definition) is 3. The zero-order valence-electron chi connectivity index (χ0n) is 7.83. The Morgan fingerprint density at radius 3 is 3.00 bits per heavy atom. The third-order valence-corrected chi connectivity index (χ3v) is 2.30. The fraction of sp³-hybridized carbons (Fsp3) is 0.200. The van der Waals surface area contributed by atoms with Gasteiger partial charge in [0.1, 0.15) is 5.82 Å². The highest BCUT2D eigenvalue weighted by molar-refractivity contribution is 6.31. The molecule has 0 aliphatic carbocycles. The maximum atomic E-state index is 11.6. The molecule has 0 unspecified atom stereocenters. The van der Waals surface area contributed by atoms with Gasteiger partial charge in [-0.25, -0.2) is 4.98 Å². The predicted octanol–water partition coefficient (Wildman–Crippen LogP) is 1.11. The number of aliphatic hydroxyl groups is 1. The topological polar surface area (TPSA) is 66.0 Å². The molecule has 78 valence electrons. The van der Waals surface area contributed by atoms with Crippen LogP contribution in [-0.2, 0) is 6.42 Å². The molecule has 2 N–H and O–H groups in total. The molecule has 0 aliphatic rings. The van der Waals surface area contributed by atoms with Crippen molar-refractivity contribution >= 4 is 22.5 Å². The first-order valence-electron chi connectivity index (χ1n) is 4.50. The lowest BCUT2D eigenvalue weighted by Gasteiger charge is -2.01. The Kier molecular flexibility index (Phi) is 2.70. The molecule has 0 fully saturated rings. The lowest BCUT2D eigenvalue weighted by Crippen LogP contribution is -2.12. The van der Waals surface area contributed by atoms with E-state index in [1.54, 1.807) is 18.2 Å². The van der Waals surface area contributed by atoms with Crippen LogP contribution in [0.1, 0.15) is 5.82 Å². The summed E-state index contributed by atoms with van der Waals surface area (Å²) in [4.78, 5) is 18.4. The van der Waals surface area contributed by atoms with E-state index in [0.717, 1.165) is 0 Å². The number of halogens is 1. The van der Waals surface area contributed by atoms with E-state index in [1.165, 1.54) is 0 Å². The maximum Gasteiger partial charge on any atom is 0.258 e. The molecule has 4 nitrogen and oxygen atoms in total. The Balaban J connectivity index is 2.67. The van der Waals surface area contributed by atoms with Gasteiger partial charge in [0.2, 0.25) is 0 Å². The molecule has 0 aliphatic heterocycles. The van der Waals surface area contributed by atoms with Gasteiger partial charge in [-0.1, -0.05) is 11.6 Å². The second kappa shape index (κ2) is 4.00. The summed E-state index contributed by atoms with van der Waals surface area (Å²) < 4.78 is 0. The van der Waals surface area contributed by atoms with Gasteiger partial charge < -0.3 is 10.1 Å². The minimum absolute atomic E-state index is 0.0396. The summed E-state index contributed by atoms with van der Waals surface area (Å²) in [5, 5.41) is 9.71. The normalized spacial score (nSPS) is 10.8. The first kappa shape index (κ1) is 10.1. The molecule has 1 aromatic carbocycles. The minimum Gasteiger partial charge on any atom is -0.396 e. The molecule has 1 heterocycles. The van der Waals surface area contributed by atoms with E-state index in [0.29, 0.717) is 28.2 Å². The fourth-order valence-electron chi connectivity index (χ4n) is 1.38. The van der Waals surface area contributed by atoms with Crippen molar-refractivity contribution in [3.63, 3.8) is 0 Å². The lowest BCUT2D eigenvalue weighted by molar-refractivity contribution is 0.296. The van der Waals surface area contributed by atoms with E-state index in [-0.39, 0.29) is 12.2 Å². The highest BCUT2D eigenvalue weighted by Crippen LogP contribution is 2.14.